The van der Waals surface area contributed by atoms with Crippen LogP contribution in [0.2, 0.25) is 0 Å². The zero-order valence-corrected chi connectivity index (χ0v) is 45.8. The zero-order valence-electron chi connectivity index (χ0n) is 45.8. The van der Waals surface area contributed by atoms with Crippen LogP contribution in [-0.4, -0.2) is 37.2 Å². The molecule has 0 aromatic heterocycles. The first-order chi connectivity index (χ1) is 34.0. The molecule has 0 heterocycles. The minimum Gasteiger partial charge on any atom is -0.462 e. The van der Waals surface area contributed by atoms with Crippen LogP contribution >= 0.6 is 0 Å². The Morgan fingerprint density at radius 3 is 0.841 bits per heavy atom. The Balaban J connectivity index is 4.39. The Kier molecular flexibility index (Phi) is 55.3. The first kappa shape index (κ1) is 66.1. The van der Waals surface area contributed by atoms with Gasteiger partial charge in [-0.1, -0.05) is 236 Å². The highest BCUT2D eigenvalue weighted by Gasteiger charge is 2.19. The van der Waals surface area contributed by atoms with E-state index in [1.807, 2.05) is 0 Å². The molecule has 0 N–H and O–H groups in total. The molecule has 0 aliphatic heterocycles. The molecule has 0 spiro atoms. The van der Waals surface area contributed by atoms with Gasteiger partial charge in [-0.15, -0.1) is 0 Å². The molecule has 0 amide bonds. The molecule has 0 aromatic rings. The van der Waals surface area contributed by atoms with Crippen LogP contribution in [0.3, 0.4) is 0 Å². The largest absolute Gasteiger partial charge is 0.462 e. The van der Waals surface area contributed by atoms with Crippen molar-refractivity contribution >= 4 is 17.9 Å². The Hall–Kier alpha value is -2.89. The summed E-state index contributed by atoms with van der Waals surface area (Å²) in [6, 6.07) is 0. The molecule has 400 valence electrons. The SMILES string of the molecule is CCCCC/C=C\C/C=C\CCCCCCCCCCCC(=O)OC[C@H](COC(=O)CCCCCCC/C=C\C/C=C\CCCCC)OC(=O)CCCCCCCCC/C=C\CCCCCCCC. The van der Waals surface area contributed by atoms with E-state index in [1.165, 1.54) is 180 Å². The van der Waals surface area contributed by atoms with E-state index in [0.29, 0.717) is 19.3 Å². The second-order valence-corrected chi connectivity index (χ2v) is 19.9. The number of hydrogen-bond acceptors (Lipinski definition) is 6. The van der Waals surface area contributed by atoms with Gasteiger partial charge in [0, 0.05) is 19.3 Å². The van der Waals surface area contributed by atoms with Crippen molar-refractivity contribution < 1.29 is 28.6 Å². The van der Waals surface area contributed by atoms with Gasteiger partial charge in [-0.05, 0) is 109 Å². The lowest BCUT2D eigenvalue weighted by atomic mass is 10.1. The minimum absolute atomic E-state index is 0.0816. The van der Waals surface area contributed by atoms with Gasteiger partial charge in [0.15, 0.2) is 6.10 Å². The van der Waals surface area contributed by atoms with E-state index in [9.17, 15) is 14.4 Å². The Morgan fingerprint density at radius 2 is 0.522 bits per heavy atom. The number of ether oxygens (including phenoxy) is 3. The summed E-state index contributed by atoms with van der Waals surface area (Å²) in [4.78, 5) is 38.2. The highest BCUT2D eigenvalue weighted by molar-refractivity contribution is 5.71. The Labute approximate surface area is 428 Å². The Bertz CT molecular complexity index is 1250. The summed E-state index contributed by atoms with van der Waals surface area (Å²) in [6.07, 6.45) is 72.0. The van der Waals surface area contributed by atoms with Crippen molar-refractivity contribution in [2.45, 2.75) is 309 Å². The van der Waals surface area contributed by atoms with Crippen LogP contribution in [0.25, 0.3) is 0 Å². The van der Waals surface area contributed by atoms with E-state index >= 15 is 0 Å². The molecule has 6 nitrogen and oxygen atoms in total. The van der Waals surface area contributed by atoms with Gasteiger partial charge in [-0.2, -0.15) is 0 Å². The van der Waals surface area contributed by atoms with Gasteiger partial charge in [0.1, 0.15) is 13.2 Å². The Morgan fingerprint density at radius 1 is 0.290 bits per heavy atom. The minimum atomic E-state index is -0.784. The third-order valence-electron chi connectivity index (χ3n) is 13.0. The van der Waals surface area contributed by atoms with Crippen LogP contribution < -0.4 is 0 Å². The fourth-order valence-corrected chi connectivity index (χ4v) is 8.44. The first-order valence-corrected chi connectivity index (χ1v) is 29.8. The fourth-order valence-electron chi connectivity index (χ4n) is 8.44. The van der Waals surface area contributed by atoms with E-state index in [2.05, 4.69) is 81.5 Å². The van der Waals surface area contributed by atoms with E-state index in [4.69, 9.17) is 14.2 Å². The first-order valence-electron chi connectivity index (χ1n) is 29.8. The summed E-state index contributed by atoms with van der Waals surface area (Å²) in [5.74, 6) is -0.892. The average molecular weight is 966 g/mol. The van der Waals surface area contributed by atoms with E-state index in [0.717, 1.165) is 83.5 Å². The molecule has 0 saturated carbocycles. The molecule has 0 aliphatic rings. The lowest BCUT2D eigenvalue weighted by Crippen LogP contribution is -2.30. The predicted molar refractivity (Wildman–Crippen MR) is 298 cm³/mol. The molecule has 6 heteroatoms. The van der Waals surface area contributed by atoms with Crippen molar-refractivity contribution in [3.05, 3.63) is 60.8 Å². The maximum Gasteiger partial charge on any atom is 0.306 e. The van der Waals surface area contributed by atoms with Crippen molar-refractivity contribution in [1.82, 2.24) is 0 Å². The molecule has 69 heavy (non-hydrogen) atoms. The summed E-state index contributed by atoms with van der Waals surface area (Å²) >= 11 is 0. The van der Waals surface area contributed by atoms with Gasteiger partial charge in [-0.25, -0.2) is 0 Å². The van der Waals surface area contributed by atoms with Gasteiger partial charge in [-0.3, -0.25) is 14.4 Å². The third kappa shape index (κ3) is 55.9. The van der Waals surface area contributed by atoms with E-state index in [-0.39, 0.29) is 31.1 Å². The number of unbranched alkanes of at least 4 members (excludes halogenated alkanes) is 33. The summed E-state index contributed by atoms with van der Waals surface area (Å²) in [7, 11) is 0. The third-order valence-corrected chi connectivity index (χ3v) is 13.0. The highest BCUT2D eigenvalue weighted by Crippen LogP contribution is 2.15. The molecule has 0 unspecified atom stereocenters. The quantitative estimate of drug-likeness (QED) is 0.0262. The second kappa shape index (κ2) is 57.7. The lowest BCUT2D eigenvalue weighted by Gasteiger charge is -2.18. The van der Waals surface area contributed by atoms with Gasteiger partial charge in [0.2, 0.25) is 0 Å². The molecule has 0 fully saturated rings. The maximum absolute atomic E-state index is 12.9. The predicted octanol–water partition coefficient (Wildman–Crippen LogP) is 20.0. The van der Waals surface area contributed by atoms with Crippen molar-refractivity contribution in [3.8, 4) is 0 Å². The molecule has 0 aromatic carbocycles. The molecule has 0 bridgehead atoms. The number of esters is 3. The van der Waals surface area contributed by atoms with Crippen molar-refractivity contribution in [3.63, 3.8) is 0 Å². The monoisotopic (exact) mass is 965 g/mol. The van der Waals surface area contributed by atoms with Crippen LogP contribution in [-0.2, 0) is 28.6 Å². The molecule has 0 aliphatic carbocycles. The average Bonchev–Trinajstić information content (AvgIpc) is 3.35. The summed E-state index contributed by atoms with van der Waals surface area (Å²) in [5, 5.41) is 0. The van der Waals surface area contributed by atoms with Crippen LogP contribution in [0.1, 0.15) is 303 Å². The summed E-state index contributed by atoms with van der Waals surface area (Å²) < 4.78 is 16.9. The topological polar surface area (TPSA) is 78.9 Å². The van der Waals surface area contributed by atoms with E-state index < -0.39 is 6.10 Å². The fraction of sp³-hybridized carbons (Fsp3) is 0.794. The van der Waals surface area contributed by atoms with Crippen LogP contribution in [0.5, 0.6) is 0 Å². The maximum atomic E-state index is 12.9. The number of rotatable bonds is 54. The molecule has 0 saturated heterocycles. The van der Waals surface area contributed by atoms with E-state index in [1.54, 1.807) is 0 Å². The highest BCUT2D eigenvalue weighted by atomic mass is 16.6. The smallest absolute Gasteiger partial charge is 0.306 e. The molecular formula is C63H112O6. The molecule has 0 radical (unpaired) electrons. The number of hydrogen-bond donors (Lipinski definition) is 0. The lowest BCUT2D eigenvalue weighted by molar-refractivity contribution is -0.167. The van der Waals surface area contributed by atoms with Gasteiger partial charge in [0.05, 0.1) is 0 Å². The number of allylic oxidation sites excluding steroid dienone is 10. The summed E-state index contributed by atoms with van der Waals surface area (Å²) in [6.45, 7) is 6.60. The standard InChI is InChI=1S/C63H112O6/c1-4-7-10-13-16-19-22-25-28-30-31-33-35-38-41-44-47-50-53-56-62(65)68-59-60(58-67-61(64)55-52-49-46-43-40-37-34-27-24-21-18-15-12-9-6-3)69-63(66)57-54-51-48-45-42-39-36-32-29-26-23-20-17-14-11-8-5-2/h16,18-19,21,25-29,34,60H,4-15,17,20,22-24,30-33,35-59H2,1-3H3/b19-16-,21-18-,28-25-,29-26-,34-27-/t60-/m0/s1. The van der Waals surface area contributed by atoms with Crippen molar-refractivity contribution in [2.75, 3.05) is 13.2 Å². The van der Waals surface area contributed by atoms with Crippen molar-refractivity contribution in [1.29, 1.82) is 0 Å². The zero-order chi connectivity index (χ0) is 50.0. The van der Waals surface area contributed by atoms with Gasteiger partial charge in [0.25, 0.3) is 0 Å². The van der Waals surface area contributed by atoms with Crippen LogP contribution in [0, 0.1) is 0 Å². The van der Waals surface area contributed by atoms with Gasteiger partial charge < -0.3 is 14.2 Å². The molecule has 1 atom stereocenters. The van der Waals surface area contributed by atoms with Crippen LogP contribution in [0.15, 0.2) is 60.8 Å². The van der Waals surface area contributed by atoms with Gasteiger partial charge >= 0.3 is 17.9 Å². The molecular weight excluding hydrogens is 853 g/mol. The van der Waals surface area contributed by atoms with Crippen molar-refractivity contribution in [2.24, 2.45) is 0 Å². The summed E-state index contributed by atoms with van der Waals surface area (Å²) in [5.41, 5.74) is 0. The normalized spacial score (nSPS) is 12.4. The number of carbonyl (C=O) groups excluding carboxylic acids is 3. The molecule has 0 rings (SSSR count). The van der Waals surface area contributed by atoms with Crippen LogP contribution in [0.4, 0.5) is 0 Å². The number of carbonyl (C=O) groups is 3. The second-order valence-electron chi connectivity index (χ2n) is 19.9.